The summed E-state index contributed by atoms with van der Waals surface area (Å²) in [5.74, 6) is -1.47. The number of rotatable bonds is 4. The number of likely N-dealkylation sites (N-methyl/N-ethyl adjacent to an activating group) is 1. The van der Waals surface area contributed by atoms with Crippen LogP contribution in [0.2, 0.25) is 0 Å². The number of nitriles is 1. The van der Waals surface area contributed by atoms with Gasteiger partial charge in [-0.3, -0.25) is 4.79 Å². The van der Waals surface area contributed by atoms with E-state index in [1.54, 1.807) is 19.9 Å². The zero-order valence-corrected chi connectivity index (χ0v) is 19.5. The minimum Gasteiger partial charge on any atom is -0.871 e. The molecule has 0 bridgehead atoms. The Labute approximate surface area is 186 Å². The van der Waals surface area contributed by atoms with Crippen LogP contribution in [0.15, 0.2) is 27.8 Å². The van der Waals surface area contributed by atoms with E-state index in [0.29, 0.717) is 23.3 Å². The quantitative estimate of drug-likeness (QED) is 0.242. The van der Waals surface area contributed by atoms with Gasteiger partial charge in [0.2, 0.25) is 0 Å². The molecule has 1 aromatic carbocycles. The maximum atomic E-state index is 12.8. The van der Waals surface area contributed by atoms with E-state index in [1.165, 1.54) is 26.2 Å². The van der Waals surface area contributed by atoms with Crippen molar-refractivity contribution in [2.75, 3.05) is 20.4 Å². The first-order valence-electron chi connectivity index (χ1n) is 8.05. The van der Waals surface area contributed by atoms with E-state index in [-0.39, 0.29) is 40.0 Å². The molecular formula is C18H20N3NaO5S. The van der Waals surface area contributed by atoms with Gasteiger partial charge in [0.15, 0.2) is 15.9 Å². The molecule has 1 amide bonds. The van der Waals surface area contributed by atoms with Gasteiger partial charge in [0.05, 0.1) is 10.6 Å². The van der Waals surface area contributed by atoms with E-state index in [1.807, 2.05) is 0 Å². The van der Waals surface area contributed by atoms with Gasteiger partial charge in [0.1, 0.15) is 11.6 Å². The van der Waals surface area contributed by atoms with Crippen LogP contribution in [0.5, 0.6) is 0 Å². The second kappa shape index (κ2) is 9.09. The molecule has 0 saturated heterocycles. The molecule has 1 atom stereocenters. The Kier molecular flexibility index (Phi) is 7.85. The Morgan fingerprint density at radius 2 is 1.96 bits per heavy atom. The van der Waals surface area contributed by atoms with Crippen molar-refractivity contribution < 1.29 is 52.7 Å². The average molecular weight is 413 g/mol. The minimum atomic E-state index is -3.60. The Balaban J connectivity index is 0.00000392. The molecule has 144 valence electrons. The van der Waals surface area contributed by atoms with E-state index in [0.717, 1.165) is 11.2 Å². The normalized spacial score (nSPS) is 16.9. The van der Waals surface area contributed by atoms with Gasteiger partial charge in [-0.2, -0.15) is 5.26 Å². The molecule has 1 aliphatic heterocycles. The van der Waals surface area contributed by atoms with Gasteiger partial charge in [-0.05, 0) is 31.0 Å². The van der Waals surface area contributed by atoms with E-state index < -0.39 is 33.2 Å². The molecule has 0 radical (unpaired) electrons. The van der Waals surface area contributed by atoms with Gasteiger partial charge in [-0.15, -0.1) is 0 Å². The van der Waals surface area contributed by atoms with Crippen LogP contribution in [0.1, 0.15) is 36.1 Å². The van der Waals surface area contributed by atoms with Crippen LogP contribution in [-0.2, 0) is 19.5 Å². The first kappa shape index (κ1) is 24.2. The number of amides is 1. The Morgan fingerprint density at radius 1 is 1.36 bits per heavy atom. The molecule has 8 nitrogen and oxygen atoms in total. The number of nitrogens with zero attached hydrogens (tertiary/aromatic N) is 3. The van der Waals surface area contributed by atoms with Crippen molar-refractivity contribution >= 4 is 27.2 Å². The number of carbonyl (C=O) groups is 1. The summed E-state index contributed by atoms with van der Waals surface area (Å²) in [6, 6.07) is 4.28. The number of benzene rings is 1. The van der Waals surface area contributed by atoms with Crippen molar-refractivity contribution in [2.24, 2.45) is 5.16 Å². The predicted octanol–water partition coefficient (Wildman–Crippen LogP) is -2.08. The van der Waals surface area contributed by atoms with Gasteiger partial charge in [-0.1, -0.05) is 17.0 Å². The molecule has 1 heterocycles. The molecule has 0 fully saturated rings. The molecule has 2 rings (SSSR count). The minimum absolute atomic E-state index is 0. The molecule has 1 unspecified atom stereocenters. The summed E-state index contributed by atoms with van der Waals surface area (Å²) in [5.41, 5.74) is 0.900. The predicted molar refractivity (Wildman–Crippen MR) is 97.1 cm³/mol. The molecule has 1 aliphatic rings. The number of oxime groups is 1. The third-order valence-corrected chi connectivity index (χ3v) is 5.37. The van der Waals surface area contributed by atoms with Crippen molar-refractivity contribution in [1.82, 2.24) is 4.90 Å². The number of hydrogen-bond acceptors (Lipinski definition) is 7. The van der Waals surface area contributed by atoms with E-state index in [2.05, 4.69) is 5.16 Å². The Morgan fingerprint density at radius 3 is 2.39 bits per heavy atom. The first-order chi connectivity index (χ1) is 12.5. The molecule has 10 heteroatoms. The van der Waals surface area contributed by atoms with Crippen molar-refractivity contribution in [1.29, 1.82) is 5.26 Å². The molecular weight excluding hydrogens is 393 g/mol. The second-order valence-electron chi connectivity index (χ2n) is 6.56. The molecule has 0 aromatic heterocycles. The van der Waals surface area contributed by atoms with Gasteiger partial charge >= 0.3 is 29.6 Å². The second-order valence-corrected chi connectivity index (χ2v) is 8.55. The number of sulfone groups is 1. The monoisotopic (exact) mass is 413 g/mol. The zero-order chi connectivity index (χ0) is 20.5. The van der Waals surface area contributed by atoms with Crippen LogP contribution < -0.4 is 34.7 Å². The van der Waals surface area contributed by atoms with Crippen molar-refractivity contribution in [3.63, 3.8) is 0 Å². The topological polar surface area (TPSA) is 123 Å². The van der Waals surface area contributed by atoms with Crippen LogP contribution in [0, 0.1) is 18.3 Å². The molecule has 0 spiro atoms. The summed E-state index contributed by atoms with van der Waals surface area (Å²) in [6.07, 6.45) is 0.794. The number of carbonyl (C=O) groups excluding carboxylic acids is 1. The van der Waals surface area contributed by atoms with Crippen LogP contribution in [-0.4, -0.2) is 45.3 Å². The van der Waals surface area contributed by atoms with Crippen LogP contribution in [0.25, 0.3) is 5.76 Å². The van der Waals surface area contributed by atoms with Crippen LogP contribution in [0.3, 0.4) is 0 Å². The fourth-order valence-corrected chi connectivity index (χ4v) is 3.88. The Bertz CT molecular complexity index is 1010. The maximum absolute atomic E-state index is 12.8. The molecule has 0 aliphatic carbocycles. The van der Waals surface area contributed by atoms with E-state index in [4.69, 9.17) is 4.84 Å². The summed E-state index contributed by atoms with van der Waals surface area (Å²) in [6.45, 7) is 3.32. The maximum Gasteiger partial charge on any atom is 1.00 e. The van der Waals surface area contributed by atoms with Crippen LogP contribution >= 0.6 is 0 Å². The third-order valence-electron chi connectivity index (χ3n) is 4.22. The molecule has 1 aromatic rings. The summed E-state index contributed by atoms with van der Waals surface area (Å²) in [7, 11) is -0.728. The van der Waals surface area contributed by atoms with Gasteiger partial charge in [0, 0.05) is 32.3 Å². The third kappa shape index (κ3) is 4.75. The average Bonchev–Trinajstić information content (AvgIpc) is 2.99. The zero-order valence-electron chi connectivity index (χ0n) is 16.7. The van der Waals surface area contributed by atoms with Gasteiger partial charge < -0.3 is 14.8 Å². The van der Waals surface area contributed by atoms with Gasteiger partial charge in [-0.25, -0.2) is 8.42 Å². The summed E-state index contributed by atoms with van der Waals surface area (Å²) in [4.78, 5) is 18.6. The fourth-order valence-electron chi connectivity index (χ4n) is 2.88. The largest absolute Gasteiger partial charge is 1.00 e. The molecule has 28 heavy (non-hydrogen) atoms. The molecule has 0 saturated carbocycles. The van der Waals surface area contributed by atoms with E-state index >= 15 is 0 Å². The Hall–Kier alpha value is -1.86. The standard InChI is InChI=1S/C18H21N3O5S.Na/c1-10-8-14(26-20-10)16-11(2)12(6-7-15(16)27(5,24)25)17(22)13(9-19)18(23)21(3)4;/h6-7,14,22H,8H2,1-5H3;/q;+1/p-1/b17-13-;. The SMILES string of the molecule is CC1=NOC(c2c(S(C)(=O)=O)ccc(/C([O-])=C(\C#N)C(=O)N(C)C)c2C)C1.[Na+]. The number of hydrogen-bond donors (Lipinski definition) is 0. The summed E-state index contributed by atoms with van der Waals surface area (Å²) in [5, 5.41) is 25.9. The molecule has 0 N–H and O–H groups in total. The summed E-state index contributed by atoms with van der Waals surface area (Å²) >= 11 is 0. The van der Waals surface area contributed by atoms with Gasteiger partial charge in [0.25, 0.3) is 5.91 Å². The van der Waals surface area contributed by atoms with Crippen molar-refractivity contribution in [3.05, 3.63) is 34.4 Å². The first-order valence-corrected chi connectivity index (χ1v) is 9.94. The van der Waals surface area contributed by atoms with Crippen molar-refractivity contribution in [3.8, 4) is 6.07 Å². The van der Waals surface area contributed by atoms with Crippen molar-refractivity contribution in [2.45, 2.75) is 31.3 Å². The van der Waals surface area contributed by atoms with E-state index in [9.17, 15) is 23.6 Å². The smallest absolute Gasteiger partial charge is 0.871 e. The summed E-state index contributed by atoms with van der Waals surface area (Å²) < 4.78 is 24.4. The van der Waals surface area contributed by atoms with Crippen LogP contribution in [0.4, 0.5) is 0 Å². The fraction of sp³-hybridized carbons (Fsp3) is 0.389.